The molecule has 11 nitrogen and oxygen atoms in total. The predicted molar refractivity (Wildman–Crippen MR) is 154 cm³/mol. The molecule has 0 saturated carbocycles. The van der Waals surface area contributed by atoms with E-state index in [4.69, 9.17) is 19.7 Å². The Morgan fingerprint density at radius 1 is 1.12 bits per heavy atom. The highest BCUT2D eigenvalue weighted by atomic mass is 16.5. The standard InChI is InChI=1S/C30H33N7O4/c1-6-41-25-13-20-7-9-36-23(21(20)14-24(25)40-5)15-26(33-27-18(3)11-17(2)12-19(27)4)37(30(36)39)10-8-32-29(38)28-22(16-31)34-35-28/h11-15,34-35H,6-10H2,1-5H3,(H,32,38)/b33-26+. The quantitative estimate of drug-likeness (QED) is 0.306. The maximum atomic E-state index is 14.0. The molecule has 0 spiro atoms. The van der Waals surface area contributed by atoms with E-state index >= 15 is 0 Å². The average molecular weight is 556 g/mol. The van der Waals surface area contributed by atoms with Gasteiger partial charge in [-0.25, -0.2) is 9.79 Å². The van der Waals surface area contributed by atoms with Crippen LogP contribution in [0.1, 0.15) is 45.4 Å². The first-order chi connectivity index (χ1) is 19.7. The van der Waals surface area contributed by atoms with Crippen molar-refractivity contribution in [2.45, 2.75) is 47.2 Å². The van der Waals surface area contributed by atoms with E-state index in [1.165, 1.54) is 0 Å². The van der Waals surface area contributed by atoms with Crippen LogP contribution in [0.15, 0.2) is 40.1 Å². The maximum Gasteiger partial charge on any atom is 0.330 e. The zero-order chi connectivity index (χ0) is 29.3. The molecule has 0 unspecified atom stereocenters. The summed E-state index contributed by atoms with van der Waals surface area (Å²) in [5.41, 5.74) is 7.24. The minimum absolute atomic E-state index is 0.165. The monoisotopic (exact) mass is 555 g/mol. The molecule has 41 heavy (non-hydrogen) atoms. The largest absolute Gasteiger partial charge is 0.493 e. The number of nitrogens with zero attached hydrogens (tertiary/aromatic N) is 4. The summed E-state index contributed by atoms with van der Waals surface area (Å²) in [5, 5.41) is 17.1. The van der Waals surface area contributed by atoms with E-state index in [0.29, 0.717) is 36.6 Å². The summed E-state index contributed by atoms with van der Waals surface area (Å²) in [6.45, 7) is 9.34. The first-order valence-corrected chi connectivity index (χ1v) is 13.5. The number of aryl methyl sites for hydroxylation is 4. The Morgan fingerprint density at radius 3 is 2.51 bits per heavy atom. The van der Waals surface area contributed by atoms with Crippen LogP contribution in [-0.4, -0.2) is 45.5 Å². The van der Waals surface area contributed by atoms with E-state index in [0.717, 1.165) is 39.2 Å². The molecule has 0 aliphatic carbocycles. The minimum atomic E-state index is -0.422. The van der Waals surface area contributed by atoms with Crippen molar-refractivity contribution in [3.8, 4) is 28.8 Å². The summed E-state index contributed by atoms with van der Waals surface area (Å²) in [4.78, 5) is 31.5. The fourth-order valence-corrected chi connectivity index (χ4v) is 5.35. The molecular weight excluding hydrogens is 522 g/mol. The smallest absolute Gasteiger partial charge is 0.330 e. The van der Waals surface area contributed by atoms with Gasteiger partial charge in [-0.1, -0.05) is 17.7 Å². The van der Waals surface area contributed by atoms with Gasteiger partial charge in [0.15, 0.2) is 22.9 Å². The summed E-state index contributed by atoms with van der Waals surface area (Å²) in [6.07, 6.45) is 0.652. The number of hydrogen-bond donors (Lipinski definition) is 3. The molecule has 5 rings (SSSR count). The van der Waals surface area contributed by atoms with Crippen molar-refractivity contribution in [2.24, 2.45) is 4.99 Å². The van der Waals surface area contributed by atoms with E-state index in [2.05, 4.69) is 27.6 Å². The van der Waals surface area contributed by atoms with E-state index in [1.54, 1.807) is 16.2 Å². The number of aromatic amines is 2. The highest BCUT2D eigenvalue weighted by Crippen LogP contribution is 2.37. The Morgan fingerprint density at radius 2 is 1.88 bits per heavy atom. The van der Waals surface area contributed by atoms with Crippen molar-refractivity contribution in [1.82, 2.24) is 24.6 Å². The van der Waals surface area contributed by atoms with Crippen molar-refractivity contribution in [3.63, 3.8) is 0 Å². The maximum absolute atomic E-state index is 14.0. The molecule has 212 valence electrons. The van der Waals surface area contributed by atoms with E-state index in [1.807, 2.05) is 52.0 Å². The highest BCUT2D eigenvalue weighted by molar-refractivity contribution is 5.94. The molecule has 4 aromatic rings. The SMILES string of the molecule is CCOc1cc2c(cc1OC)-c1c/c(=N\c3c(C)cc(C)cc3C)n(CCNC(=O)c3[nH][nH]c3C#N)c(=O)n1CC2. The summed E-state index contributed by atoms with van der Waals surface area (Å²) < 4.78 is 14.7. The Bertz CT molecular complexity index is 1790. The normalized spacial score (nSPS) is 12.4. The molecule has 1 aliphatic rings. The summed E-state index contributed by atoms with van der Waals surface area (Å²) >= 11 is 0. The van der Waals surface area contributed by atoms with Crippen LogP contribution in [0.25, 0.3) is 11.3 Å². The van der Waals surface area contributed by atoms with Crippen LogP contribution in [-0.2, 0) is 19.5 Å². The van der Waals surface area contributed by atoms with E-state index < -0.39 is 5.91 Å². The fraction of sp³-hybridized carbons (Fsp3) is 0.333. The number of aromatic nitrogens is 4. The summed E-state index contributed by atoms with van der Waals surface area (Å²) in [6, 6.07) is 11.9. The molecule has 0 radical (unpaired) electrons. The van der Waals surface area contributed by atoms with Crippen molar-refractivity contribution in [1.29, 1.82) is 5.26 Å². The number of methoxy groups -OCH3 is 1. The molecule has 2 aromatic carbocycles. The van der Waals surface area contributed by atoms with Gasteiger partial charge in [-0.2, -0.15) is 5.26 Å². The number of hydrogen-bond acceptors (Lipinski definition) is 6. The van der Waals surface area contributed by atoms with Crippen LogP contribution in [0.3, 0.4) is 0 Å². The Kier molecular flexibility index (Phi) is 7.57. The third kappa shape index (κ3) is 5.16. The molecule has 3 N–H and O–H groups in total. The first-order valence-electron chi connectivity index (χ1n) is 13.5. The number of carbonyl (C=O) groups is 1. The van der Waals surface area contributed by atoms with Gasteiger partial charge in [0.25, 0.3) is 5.91 Å². The number of carbonyl (C=O) groups excluding carboxylic acids is 1. The van der Waals surface area contributed by atoms with Gasteiger partial charge in [-0.3, -0.25) is 24.1 Å². The van der Waals surface area contributed by atoms with Gasteiger partial charge in [0.2, 0.25) is 0 Å². The number of H-pyrrole nitrogens is 2. The lowest BCUT2D eigenvalue weighted by atomic mass is 9.97. The second kappa shape index (κ2) is 11.3. The number of rotatable bonds is 8. The van der Waals surface area contributed by atoms with Gasteiger partial charge in [-0.15, -0.1) is 0 Å². The van der Waals surface area contributed by atoms with Crippen LogP contribution in [0.2, 0.25) is 0 Å². The molecule has 2 aromatic heterocycles. The molecule has 0 atom stereocenters. The second-order valence-corrected chi connectivity index (χ2v) is 10.0. The van der Waals surface area contributed by atoms with Gasteiger partial charge < -0.3 is 14.8 Å². The topological polar surface area (TPSA) is 142 Å². The number of nitrogens with one attached hydrogen (secondary N) is 3. The van der Waals surface area contributed by atoms with Crippen molar-refractivity contribution >= 4 is 11.6 Å². The lowest BCUT2D eigenvalue weighted by Gasteiger charge is -2.25. The van der Waals surface area contributed by atoms with Crippen LogP contribution in [0.4, 0.5) is 5.69 Å². The van der Waals surface area contributed by atoms with Crippen LogP contribution in [0, 0.1) is 32.1 Å². The van der Waals surface area contributed by atoms with Gasteiger partial charge in [-0.05, 0) is 62.9 Å². The zero-order valence-corrected chi connectivity index (χ0v) is 23.8. The van der Waals surface area contributed by atoms with Gasteiger partial charge in [0.05, 0.1) is 25.1 Å². The average Bonchev–Trinajstić information content (AvgIpc) is 2.91. The number of ether oxygens (including phenoxy) is 2. The number of benzene rings is 2. The molecule has 11 heteroatoms. The van der Waals surface area contributed by atoms with Crippen molar-refractivity contribution < 1.29 is 14.3 Å². The third-order valence-electron chi connectivity index (χ3n) is 7.25. The van der Waals surface area contributed by atoms with Gasteiger partial charge >= 0.3 is 5.69 Å². The molecule has 0 bridgehead atoms. The predicted octanol–water partition coefficient (Wildman–Crippen LogP) is 3.40. The number of fused-ring (bicyclic) bond motifs is 3. The van der Waals surface area contributed by atoms with E-state index in [-0.39, 0.29) is 30.2 Å². The van der Waals surface area contributed by atoms with Crippen LogP contribution < -0.4 is 26.0 Å². The van der Waals surface area contributed by atoms with Gasteiger partial charge in [0, 0.05) is 31.3 Å². The summed E-state index contributed by atoms with van der Waals surface area (Å²) in [7, 11) is 1.60. The lowest BCUT2D eigenvalue weighted by molar-refractivity contribution is 0.0942. The van der Waals surface area contributed by atoms with E-state index in [9.17, 15) is 9.59 Å². The molecule has 3 heterocycles. The van der Waals surface area contributed by atoms with Crippen LogP contribution >= 0.6 is 0 Å². The lowest BCUT2D eigenvalue weighted by Crippen LogP contribution is -2.44. The Hall–Kier alpha value is -4.98. The molecular formula is C30H33N7O4. The Balaban J connectivity index is 1.63. The third-order valence-corrected chi connectivity index (χ3v) is 7.25. The Labute approximate surface area is 237 Å². The molecule has 1 amide bonds. The fourth-order valence-electron chi connectivity index (χ4n) is 5.35. The minimum Gasteiger partial charge on any atom is -0.493 e. The molecule has 0 saturated heterocycles. The number of nitriles is 1. The van der Waals surface area contributed by atoms with Crippen LogP contribution in [0.5, 0.6) is 11.5 Å². The number of amides is 1. The first kappa shape index (κ1) is 27.6. The molecule has 1 aliphatic heterocycles. The van der Waals surface area contributed by atoms with Gasteiger partial charge in [0.1, 0.15) is 11.6 Å². The highest BCUT2D eigenvalue weighted by Gasteiger charge is 2.23. The molecule has 0 fully saturated rings. The second-order valence-electron chi connectivity index (χ2n) is 10.0. The van der Waals surface area contributed by atoms with Crippen molar-refractivity contribution in [3.05, 3.63) is 79.9 Å². The van der Waals surface area contributed by atoms with Crippen molar-refractivity contribution in [2.75, 3.05) is 20.3 Å². The zero-order valence-electron chi connectivity index (χ0n) is 23.8. The summed E-state index contributed by atoms with van der Waals surface area (Å²) in [5.74, 6) is 0.849.